The van der Waals surface area contributed by atoms with E-state index in [2.05, 4.69) is 33.4 Å². The minimum absolute atomic E-state index is 0.894. The Bertz CT molecular complexity index is 370. The van der Waals surface area contributed by atoms with Crippen LogP contribution in [0.2, 0.25) is 0 Å². The second-order valence-corrected chi connectivity index (χ2v) is 9.55. The molecule has 3 saturated heterocycles. The zero-order chi connectivity index (χ0) is 18.2. The summed E-state index contributed by atoms with van der Waals surface area (Å²) in [7, 11) is 0. The van der Waals surface area contributed by atoms with Gasteiger partial charge in [0.15, 0.2) is 0 Å². The van der Waals surface area contributed by atoms with Crippen LogP contribution in [0.1, 0.15) is 58.8 Å². The van der Waals surface area contributed by atoms with Gasteiger partial charge in [-0.1, -0.05) is 26.7 Å². The maximum atomic E-state index is 2.72. The maximum absolute atomic E-state index is 2.72. The second-order valence-electron chi connectivity index (χ2n) is 9.55. The van der Waals surface area contributed by atoms with Gasteiger partial charge in [0.1, 0.15) is 0 Å². The van der Waals surface area contributed by atoms with Crippen molar-refractivity contribution in [2.75, 3.05) is 72.1 Å². The highest BCUT2D eigenvalue weighted by Crippen LogP contribution is 2.21. The molecule has 0 spiro atoms. The van der Waals surface area contributed by atoms with Crippen LogP contribution in [0.25, 0.3) is 0 Å². The largest absolute Gasteiger partial charge is 0.303 e. The summed E-state index contributed by atoms with van der Waals surface area (Å²) in [5.41, 5.74) is 0. The summed E-state index contributed by atoms with van der Waals surface area (Å²) < 4.78 is 0. The van der Waals surface area contributed by atoms with Crippen molar-refractivity contribution in [2.45, 2.75) is 58.8 Å². The van der Waals surface area contributed by atoms with E-state index in [-0.39, 0.29) is 0 Å². The molecule has 0 aromatic heterocycles. The predicted molar refractivity (Wildman–Crippen MR) is 112 cm³/mol. The first-order valence-corrected chi connectivity index (χ1v) is 11.6. The van der Waals surface area contributed by atoms with Gasteiger partial charge in [-0.3, -0.25) is 9.80 Å². The number of hydrogen-bond donors (Lipinski definition) is 0. The van der Waals surface area contributed by atoms with Crippen LogP contribution in [0.4, 0.5) is 0 Å². The molecule has 4 nitrogen and oxygen atoms in total. The van der Waals surface area contributed by atoms with Gasteiger partial charge in [-0.15, -0.1) is 0 Å². The van der Waals surface area contributed by atoms with Crippen LogP contribution in [0.5, 0.6) is 0 Å². The Morgan fingerprint density at radius 1 is 0.577 bits per heavy atom. The van der Waals surface area contributed by atoms with Crippen LogP contribution in [0.15, 0.2) is 0 Å². The molecule has 0 aromatic carbocycles. The Morgan fingerprint density at radius 3 is 1.65 bits per heavy atom. The first-order chi connectivity index (χ1) is 12.7. The van der Waals surface area contributed by atoms with E-state index in [9.17, 15) is 0 Å². The summed E-state index contributed by atoms with van der Waals surface area (Å²) in [6.07, 6.45) is 9.88. The van der Waals surface area contributed by atoms with Gasteiger partial charge in [-0.05, 0) is 70.1 Å². The number of hydrogen-bond acceptors (Lipinski definition) is 4. The number of rotatable bonds is 8. The molecule has 2 unspecified atom stereocenters. The average molecular weight is 365 g/mol. The van der Waals surface area contributed by atoms with Crippen LogP contribution in [0, 0.1) is 11.8 Å². The quantitative estimate of drug-likeness (QED) is 0.656. The summed E-state index contributed by atoms with van der Waals surface area (Å²) in [6.45, 7) is 19.2. The van der Waals surface area contributed by atoms with Crippen molar-refractivity contribution in [1.82, 2.24) is 19.6 Å². The summed E-state index contributed by atoms with van der Waals surface area (Å²) >= 11 is 0. The minimum Gasteiger partial charge on any atom is -0.303 e. The Hall–Kier alpha value is -0.160. The molecule has 0 aliphatic carbocycles. The number of piperidine rings is 1. The van der Waals surface area contributed by atoms with E-state index >= 15 is 0 Å². The Morgan fingerprint density at radius 2 is 1.08 bits per heavy atom. The van der Waals surface area contributed by atoms with Gasteiger partial charge in [0.05, 0.1) is 6.67 Å². The molecule has 0 amide bonds. The highest BCUT2D eigenvalue weighted by atomic mass is 15.4. The van der Waals surface area contributed by atoms with Crippen molar-refractivity contribution in [2.24, 2.45) is 11.8 Å². The van der Waals surface area contributed by atoms with Gasteiger partial charge in [0.25, 0.3) is 0 Å². The monoisotopic (exact) mass is 364 g/mol. The summed E-state index contributed by atoms with van der Waals surface area (Å²) in [4.78, 5) is 10.8. The van der Waals surface area contributed by atoms with E-state index in [4.69, 9.17) is 0 Å². The van der Waals surface area contributed by atoms with Crippen LogP contribution < -0.4 is 0 Å². The summed E-state index contributed by atoms with van der Waals surface area (Å²) in [5.74, 6) is 1.79. The zero-order valence-corrected chi connectivity index (χ0v) is 17.7. The lowest BCUT2D eigenvalue weighted by Crippen LogP contribution is -2.40. The third-order valence-corrected chi connectivity index (χ3v) is 6.67. The van der Waals surface area contributed by atoms with Crippen molar-refractivity contribution in [3.05, 3.63) is 0 Å². The fourth-order valence-electron chi connectivity index (χ4n) is 5.44. The molecule has 3 rings (SSSR count). The summed E-state index contributed by atoms with van der Waals surface area (Å²) in [5, 5.41) is 0. The molecule has 0 radical (unpaired) electrons. The number of likely N-dealkylation sites (tertiary alicyclic amines) is 2. The molecule has 152 valence electrons. The zero-order valence-electron chi connectivity index (χ0n) is 17.7. The Balaban J connectivity index is 1.23. The third kappa shape index (κ3) is 7.10. The van der Waals surface area contributed by atoms with Crippen molar-refractivity contribution < 1.29 is 0 Å². The van der Waals surface area contributed by atoms with Crippen LogP contribution in [-0.2, 0) is 0 Å². The smallest absolute Gasteiger partial charge is 0.0507 e. The standard InChI is InChI=1S/C22H44N4/c1-21-17-22(2)19-26(18-21)14-8-13-25-16-15-24(20-25)12-7-11-23-9-5-3-4-6-10-23/h21-22H,3-20H2,1-2H3. The lowest BCUT2D eigenvalue weighted by Gasteiger charge is -2.35. The molecular weight excluding hydrogens is 320 g/mol. The molecule has 26 heavy (non-hydrogen) atoms. The van der Waals surface area contributed by atoms with Crippen LogP contribution in [-0.4, -0.2) is 91.7 Å². The van der Waals surface area contributed by atoms with Crippen LogP contribution >= 0.6 is 0 Å². The topological polar surface area (TPSA) is 13.0 Å². The van der Waals surface area contributed by atoms with Crippen LogP contribution in [0.3, 0.4) is 0 Å². The molecule has 3 aliphatic rings. The molecule has 0 N–H and O–H groups in total. The van der Waals surface area contributed by atoms with E-state index in [1.54, 1.807) is 0 Å². The summed E-state index contributed by atoms with van der Waals surface area (Å²) in [6, 6.07) is 0. The van der Waals surface area contributed by atoms with E-state index in [1.807, 2.05) is 0 Å². The van der Waals surface area contributed by atoms with Crippen molar-refractivity contribution in [1.29, 1.82) is 0 Å². The molecule has 2 atom stereocenters. The Labute approximate surface area is 162 Å². The molecule has 0 saturated carbocycles. The lowest BCUT2D eigenvalue weighted by molar-refractivity contribution is 0.133. The SMILES string of the molecule is CC1CC(C)CN(CCCN2CCN(CCCN3CCCCCC3)C2)C1. The van der Waals surface area contributed by atoms with E-state index in [0.717, 1.165) is 11.8 Å². The second kappa shape index (κ2) is 11.0. The van der Waals surface area contributed by atoms with Gasteiger partial charge < -0.3 is 9.80 Å². The van der Waals surface area contributed by atoms with Gasteiger partial charge in [0.2, 0.25) is 0 Å². The first-order valence-electron chi connectivity index (χ1n) is 11.6. The van der Waals surface area contributed by atoms with E-state index in [0.29, 0.717) is 0 Å². The third-order valence-electron chi connectivity index (χ3n) is 6.67. The Kier molecular flexibility index (Phi) is 8.70. The molecule has 0 aromatic rings. The average Bonchev–Trinajstić information content (AvgIpc) is 2.87. The first kappa shape index (κ1) is 20.6. The van der Waals surface area contributed by atoms with Gasteiger partial charge in [-0.25, -0.2) is 0 Å². The van der Waals surface area contributed by atoms with Gasteiger partial charge in [-0.2, -0.15) is 0 Å². The van der Waals surface area contributed by atoms with Gasteiger partial charge in [0, 0.05) is 39.3 Å². The number of nitrogens with zero attached hydrogens (tertiary/aromatic N) is 4. The van der Waals surface area contributed by atoms with E-state index in [1.165, 1.54) is 117 Å². The highest BCUT2D eigenvalue weighted by Gasteiger charge is 2.23. The van der Waals surface area contributed by atoms with Gasteiger partial charge >= 0.3 is 0 Å². The normalized spacial score (nSPS) is 30.7. The molecule has 4 heteroatoms. The predicted octanol–water partition coefficient (Wildman–Crippen LogP) is 3.20. The molecular formula is C22H44N4. The lowest BCUT2D eigenvalue weighted by atomic mass is 9.92. The van der Waals surface area contributed by atoms with Crippen molar-refractivity contribution in [3.63, 3.8) is 0 Å². The fraction of sp³-hybridized carbons (Fsp3) is 1.00. The van der Waals surface area contributed by atoms with E-state index < -0.39 is 0 Å². The molecule has 3 aliphatic heterocycles. The minimum atomic E-state index is 0.894. The van der Waals surface area contributed by atoms with Crippen molar-refractivity contribution >= 4 is 0 Å². The molecule has 3 fully saturated rings. The molecule has 0 bridgehead atoms. The fourth-order valence-corrected chi connectivity index (χ4v) is 5.44. The maximum Gasteiger partial charge on any atom is 0.0507 e. The molecule has 3 heterocycles. The van der Waals surface area contributed by atoms with Crippen molar-refractivity contribution in [3.8, 4) is 0 Å². The highest BCUT2D eigenvalue weighted by molar-refractivity contribution is 4.76.